The molecule has 1 aliphatic rings. The second kappa shape index (κ2) is 6.53. The summed E-state index contributed by atoms with van der Waals surface area (Å²) in [5.74, 6) is -0.410. The van der Waals surface area contributed by atoms with Crippen molar-refractivity contribution >= 4 is 45.8 Å². The molecular formula is C23H19N3O2. The minimum absolute atomic E-state index is 0.410. The molecule has 0 spiro atoms. The Morgan fingerprint density at radius 2 is 1.96 bits per heavy atom. The molecule has 0 atom stereocenters. The summed E-state index contributed by atoms with van der Waals surface area (Å²) in [6, 6.07) is 14.2. The normalized spacial score (nSPS) is 13.8. The van der Waals surface area contributed by atoms with Gasteiger partial charge < -0.3 is 9.55 Å². The molecular weight excluding hydrogens is 350 g/mol. The summed E-state index contributed by atoms with van der Waals surface area (Å²) in [6.07, 6.45) is 8.44. The van der Waals surface area contributed by atoms with Gasteiger partial charge in [0.25, 0.3) is 5.91 Å². The smallest absolute Gasteiger partial charge is 0.258 e. The summed E-state index contributed by atoms with van der Waals surface area (Å²) in [7, 11) is 0. The molecule has 5 heteroatoms. The van der Waals surface area contributed by atoms with Crippen LogP contribution in [0.15, 0.2) is 54.9 Å². The molecule has 2 aromatic carbocycles. The fourth-order valence-electron chi connectivity index (χ4n) is 4.25. The topological polar surface area (TPSA) is 66.9 Å². The van der Waals surface area contributed by atoms with E-state index in [0.29, 0.717) is 12.0 Å². The third-order valence-electron chi connectivity index (χ3n) is 5.47. The van der Waals surface area contributed by atoms with Crippen LogP contribution < -0.4 is 5.32 Å². The lowest BCUT2D eigenvalue weighted by molar-refractivity contribution is -0.121. The van der Waals surface area contributed by atoms with Gasteiger partial charge in [0.15, 0.2) is 0 Å². The number of imide groups is 1. The molecule has 0 fully saturated rings. The number of rotatable bonds is 4. The van der Waals surface area contributed by atoms with Gasteiger partial charge in [0.05, 0.1) is 5.52 Å². The van der Waals surface area contributed by atoms with Gasteiger partial charge in [-0.3, -0.25) is 14.9 Å². The summed E-state index contributed by atoms with van der Waals surface area (Å²) in [5, 5.41) is 4.38. The number of aromatic amines is 1. The van der Waals surface area contributed by atoms with Crippen LogP contribution in [0.25, 0.3) is 33.5 Å². The highest BCUT2D eigenvalue weighted by atomic mass is 16.2. The molecule has 5 nitrogen and oxygen atoms in total. The Morgan fingerprint density at radius 1 is 1.11 bits per heavy atom. The van der Waals surface area contributed by atoms with Gasteiger partial charge in [-0.25, -0.2) is 0 Å². The molecule has 5 rings (SSSR count). The summed E-state index contributed by atoms with van der Waals surface area (Å²) < 4.78 is 2.27. The van der Waals surface area contributed by atoms with Crippen LogP contribution in [0, 0.1) is 0 Å². The van der Waals surface area contributed by atoms with Gasteiger partial charge in [-0.15, -0.1) is 0 Å². The monoisotopic (exact) mass is 369 g/mol. The Hall–Kier alpha value is -3.60. The van der Waals surface area contributed by atoms with Gasteiger partial charge in [-0.2, -0.15) is 0 Å². The quantitative estimate of drug-likeness (QED) is 0.423. The molecule has 0 unspecified atom stereocenters. The third kappa shape index (κ3) is 2.55. The van der Waals surface area contributed by atoms with Crippen LogP contribution >= 0.6 is 0 Å². The van der Waals surface area contributed by atoms with Crippen molar-refractivity contribution in [2.45, 2.75) is 19.4 Å². The molecule has 138 valence electrons. The predicted molar refractivity (Wildman–Crippen MR) is 111 cm³/mol. The van der Waals surface area contributed by atoms with E-state index in [1.165, 1.54) is 11.1 Å². The zero-order valence-corrected chi connectivity index (χ0v) is 15.2. The number of carbonyl (C=O) groups excluding carboxylic acids is 2. The Balaban J connectivity index is 1.74. The number of nitrogens with one attached hydrogen (secondary N) is 2. The number of aryl methyl sites for hydroxylation is 2. The average Bonchev–Trinajstić information content (AvgIpc) is 3.30. The summed E-state index contributed by atoms with van der Waals surface area (Å²) >= 11 is 0. The molecule has 0 saturated heterocycles. The number of H-pyrrole nitrogens is 1. The van der Waals surface area contributed by atoms with Crippen molar-refractivity contribution in [2.75, 3.05) is 0 Å². The van der Waals surface area contributed by atoms with Crippen LogP contribution in [0.3, 0.4) is 0 Å². The van der Waals surface area contributed by atoms with E-state index in [1.54, 1.807) is 0 Å². The van der Waals surface area contributed by atoms with Crippen LogP contribution in [0.2, 0.25) is 0 Å². The number of hydrogen-bond acceptors (Lipinski definition) is 2. The summed E-state index contributed by atoms with van der Waals surface area (Å²) in [5.41, 5.74) is 5.77. The molecule has 0 saturated carbocycles. The molecule has 0 aliphatic carbocycles. The lowest BCUT2D eigenvalue weighted by Gasteiger charge is -2.14. The van der Waals surface area contributed by atoms with Crippen LogP contribution in [-0.2, 0) is 22.6 Å². The van der Waals surface area contributed by atoms with E-state index in [9.17, 15) is 9.59 Å². The van der Waals surface area contributed by atoms with E-state index in [-0.39, 0.29) is 0 Å². The Morgan fingerprint density at radius 3 is 2.86 bits per heavy atom. The molecule has 1 aliphatic heterocycles. The second-order valence-corrected chi connectivity index (χ2v) is 7.09. The fraction of sp³-hybridized carbons (Fsp3) is 0.130. The minimum Gasteiger partial charge on any atom is -0.361 e. The van der Waals surface area contributed by atoms with Crippen molar-refractivity contribution in [1.82, 2.24) is 14.9 Å². The first kappa shape index (κ1) is 16.6. The number of nitrogens with zero attached hydrogens (tertiary/aromatic N) is 1. The average molecular weight is 369 g/mol. The van der Waals surface area contributed by atoms with Gasteiger partial charge >= 0.3 is 0 Å². The first-order valence-electron chi connectivity index (χ1n) is 9.39. The predicted octanol–water partition coefficient (Wildman–Crippen LogP) is 3.88. The van der Waals surface area contributed by atoms with E-state index < -0.39 is 5.91 Å². The lowest BCUT2D eigenvalue weighted by Crippen LogP contribution is -2.22. The summed E-state index contributed by atoms with van der Waals surface area (Å²) in [4.78, 5) is 26.9. The van der Waals surface area contributed by atoms with E-state index in [4.69, 9.17) is 0 Å². The fourth-order valence-corrected chi connectivity index (χ4v) is 4.25. The van der Waals surface area contributed by atoms with Crippen LogP contribution in [0.1, 0.15) is 23.1 Å². The minimum atomic E-state index is -0.410. The molecule has 2 amide bonds. The van der Waals surface area contributed by atoms with Gasteiger partial charge in [-0.05, 0) is 30.5 Å². The van der Waals surface area contributed by atoms with E-state index >= 15 is 0 Å². The number of carbonyl (C=O) groups is 2. The van der Waals surface area contributed by atoms with Gasteiger partial charge in [0, 0.05) is 51.9 Å². The van der Waals surface area contributed by atoms with Gasteiger partial charge in [0.1, 0.15) is 0 Å². The van der Waals surface area contributed by atoms with Crippen molar-refractivity contribution in [3.8, 4) is 0 Å². The zero-order valence-electron chi connectivity index (χ0n) is 15.2. The van der Waals surface area contributed by atoms with E-state index in [1.807, 2.05) is 36.5 Å². The molecule has 2 N–H and O–H groups in total. The number of hydrogen-bond donors (Lipinski definition) is 2. The molecule has 28 heavy (non-hydrogen) atoms. The van der Waals surface area contributed by atoms with Crippen LogP contribution in [0.5, 0.6) is 0 Å². The number of benzene rings is 2. The molecule has 0 bridgehead atoms. The molecule has 4 aromatic rings. The van der Waals surface area contributed by atoms with E-state index in [2.05, 4.69) is 39.3 Å². The van der Waals surface area contributed by atoms with E-state index in [0.717, 1.165) is 46.8 Å². The number of para-hydroxylation sites is 2. The number of aromatic nitrogens is 2. The van der Waals surface area contributed by atoms with Crippen molar-refractivity contribution in [3.63, 3.8) is 0 Å². The maximum absolute atomic E-state index is 12.8. The Kier molecular flexibility index (Phi) is 3.86. The Bertz CT molecular complexity index is 1260. The lowest BCUT2D eigenvalue weighted by atomic mass is 9.99. The highest BCUT2D eigenvalue weighted by molar-refractivity contribution is 6.29. The van der Waals surface area contributed by atoms with Crippen molar-refractivity contribution < 1.29 is 9.59 Å². The number of amides is 2. The maximum Gasteiger partial charge on any atom is 0.258 e. The first-order valence-corrected chi connectivity index (χ1v) is 9.39. The third-order valence-corrected chi connectivity index (χ3v) is 5.47. The molecule has 3 heterocycles. The highest BCUT2D eigenvalue weighted by Crippen LogP contribution is 2.33. The summed E-state index contributed by atoms with van der Waals surface area (Å²) in [6.45, 7) is 0.976. The second-order valence-electron chi connectivity index (χ2n) is 7.09. The van der Waals surface area contributed by atoms with Gasteiger partial charge in [-0.1, -0.05) is 36.4 Å². The first-order chi connectivity index (χ1) is 13.8. The van der Waals surface area contributed by atoms with Crippen LogP contribution in [0.4, 0.5) is 0 Å². The van der Waals surface area contributed by atoms with Crippen molar-refractivity contribution in [1.29, 1.82) is 0 Å². The van der Waals surface area contributed by atoms with Crippen LogP contribution in [-0.4, -0.2) is 21.9 Å². The van der Waals surface area contributed by atoms with Gasteiger partial charge in [0.2, 0.25) is 6.41 Å². The maximum atomic E-state index is 12.8. The van der Waals surface area contributed by atoms with Crippen molar-refractivity contribution in [2.24, 2.45) is 0 Å². The SMILES string of the molecule is O=CNC(=O)/C(=C/c1cn2c3c(cccc13)CCC2)c1c[nH]c2ccccc12. The number of fused-ring (bicyclic) bond motifs is 1. The highest BCUT2D eigenvalue weighted by Gasteiger charge is 2.19. The standard InChI is InChI=1S/C23H19N3O2/c27-14-25-23(28)19(20-12-24-21-9-2-1-7-18(20)21)11-16-13-26-10-4-6-15-5-3-8-17(16)22(15)26/h1-3,5,7-9,11-14,24H,4,6,10H2,(H,25,27,28)/b19-11+. The molecule has 2 aromatic heterocycles. The zero-order chi connectivity index (χ0) is 19.1. The Labute approximate surface area is 161 Å². The van der Waals surface area contributed by atoms with Crippen molar-refractivity contribution in [3.05, 3.63) is 71.5 Å². The largest absolute Gasteiger partial charge is 0.361 e. The molecule has 0 radical (unpaired) electrons.